The van der Waals surface area contributed by atoms with Crippen LogP contribution in [0.15, 0.2) is 30.4 Å². The summed E-state index contributed by atoms with van der Waals surface area (Å²) in [5.74, 6) is 0.660. The van der Waals surface area contributed by atoms with E-state index in [1.165, 1.54) is 6.92 Å². The average molecular weight is 289 g/mol. The highest BCUT2D eigenvalue weighted by atomic mass is 16.5. The first-order chi connectivity index (χ1) is 9.79. The molecule has 0 unspecified atom stereocenters. The van der Waals surface area contributed by atoms with Crippen LogP contribution in [0.3, 0.4) is 0 Å². The van der Waals surface area contributed by atoms with Gasteiger partial charge in [0.25, 0.3) is 0 Å². The highest BCUT2D eigenvalue weighted by molar-refractivity contribution is 5.98. The third-order valence-corrected chi connectivity index (χ3v) is 2.73. The summed E-state index contributed by atoms with van der Waals surface area (Å²) in [7, 11) is 0. The van der Waals surface area contributed by atoms with Crippen LogP contribution in [0.2, 0.25) is 0 Å². The maximum atomic E-state index is 11.9. The molecule has 0 saturated carbocycles. The first kappa shape index (κ1) is 17.0. The minimum Gasteiger partial charge on any atom is -0.487 e. The lowest BCUT2D eigenvalue weighted by atomic mass is 10.1. The van der Waals surface area contributed by atoms with Gasteiger partial charge in [-0.3, -0.25) is 9.59 Å². The molecule has 1 aromatic carbocycles. The number of ether oxygens (including phenoxy) is 1. The second-order valence-electron chi connectivity index (χ2n) is 5.66. The number of rotatable bonds is 7. The van der Waals surface area contributed by atoms with E-state index in [0.717, 1.165) is 5.57 Å². The Morgan fingerprint density at radius 1 is 1.29 bits per heavy atom. The molecule has 0 aliphatic rings. The minimum atomic E-state index is -0.0918. The molecule has 1 rings (SSSR count). The van der Waals surface area contributed by atoms with E-state index in [0.29, 0.717) is 30.0 Å². The molecule has 0 radical (unpaired) electrons. The Morgan fingerprint density at radius 3 is 2.48 bits per heavy atom. The number of amides is 1. The fourth-order valence-corrected chi connectivity index (χ4v) is 1.75. The van der Waals surface area contributed by atoms with Crippen LogP contribution in [0.1, 0.15) is 44.5 Å². The average Bonchev–Trinajstić information content (AvgIpc) is 2.35. The van der Waals surface area contributed by atoms with Gasteiger partial charge in [0, 0.05) is 12.0 Å². The van der Waals surface area contributed by atoms with Gasteiger partial charge in [-0.2, -0.15) is 0 Å². The van der Waals surface area contributed by atoms with Crippen LogP contribution in [0.4, 0.5) is 5.69 Å². The number of anilines is 1. The van der Waals surface area contributed by atoms with Crippen LogP contribution in [-0.4, -0.2) is 18.3 Å². The highest BCUT2D eigenvalue weighted by Gasteiger charge is 2.12. The fraction of sp³-hybridized carbons (Fsp3) is 0.412. The van der Waals surface area contributed by atoms with Gasteiger partial charge in [-0.25, -0.2) is 0 Å². The lowest BCUT2D eigenvalue weighted by Gasteiger charge is -2.14. The van der Waals surface area contributed by atoms with Crippen molar-refractivity contribution in [2.24, 2.45) is 5.92 Å². The van der Waals surface area contributed by atoms with Gasteiger partial charge in [-0.1, -0.05) is 20.4 Å². The standard InChI is InChI=1S/C17H23NO3/c1-11(2)8-17(20)18-15-9-14(13(5)19)6-7-16(15)21-10-12(3)4/h6-7,9,11H,3,8,10H2,1-2,4-5H3,(H,18,20). The molecule has 0 aliphatic carbocycles. The molecule has 1 N–H and O–H groups in total. The van der Waals surface area contributed by atoms with Gasteiger partial charge in [0.15, 0.2) is 5.78 Å². The van der Waals surface area contributed by atoms with Crippen molar-refractivity contribution < 1.29 is 14.3 Å². The zero-order chi connectivity index (χ0) is 16.0. The fourth-order valence-electron chi connectivity index (χ4n) is 1.75. The molecule has 0 saturated heterocycles. The van der Waals surface area contributed by atoms with Crippen LogP contribution in [0.25, 0.3) is 0 Å². The van der Waals surface area contributed by atoms with Gasteiger partial charge in [0.1, 0.15) is 12.4 Å². The van der Waals surface area contributed by atoms with E-state index in [-0.39, 0.29) is 17.6 Å². The smallest absolute Gasteiger partial charge is 0.224 e. The molecule has 4 nitrogen and oxygen atoms in total. The van der Waals surface area contributed by atoms with Gasteiger partial charge >= 0.3 is 0 Å². The number of Topliss-reactive ketones (excluding diaryl/α,β-unsaturated/α-hetero) is 1. The molecule has 0 aliphatic heterocycles. The van der Waals surface area contributed by atoms with Crippen molar-refractivity contribution in [3.8, 4) is 5.75 Å². The van der Waals surface area contributed by atoms with Crippen LogP contribution in [0.5, 0.6) is 5.75 Å². The number of carbonyl (C=O) groups is 2. The summed E-state index contributed by atoms with van der Waals surface area (Å²) in [6, 6.07) is 5.03. The number of carbonyl (C=O) groups excluding carboxylic acids is 2. The van der Waals surface area contributed by atoms with Crippen LogP contribution in [-0.2, 0) is 4.79 Å². The number of benzene rings is 1. The monoisotopic (exact) mass is 289 g/mol. The third kappa shape index (κ3) is 5.81. The Kier molecular flexibility index (Phi) is 6.15. The largest absolute Gasteiger partial charge is 0.487 e. The highest BCUT2D eigenvalue weighted by Crippen LogP contribution is 2.27. The predicted octanol–water partition coefficient (Wildman–Crippen LogP) is 3.83. The van der Waals surface area contributed by atoms with Crippen LogP contribution >= 0.6 is 0 Å². The van der Waals surface area contributed by atoms with E-state index >= 15 is 0 Å². The van der Waals surface area contributed by atoms with Crippen LogP contribution < -0.4 is 10.1 Å². The Bertz CT molecular complexity index is 547. The molecule has 114 valence electrons. The second kappa shape index (κ2) is 7.62. The maximum Gasteiger partial charge on any atom is 0.224 e. The summed E-state index contributed by atoms with van der Waals surface area (Å²) in [4.78, 5) is 23.4. The van der Waals surface area contributed by atoms with E-state index in [1.54, 1.807) is 18.2 Å². The number of nitrogens with one attached hydrogen (secondary N) is 1. The summed E-state index contributed by atoms with van der Waals surface area (Å²) in [5.41, 5.74) is 1.94. The van der Waals surface area contributed by atoms with E-state index < -0.39 is 0 Å². The molecule has 0 bridgehead atoms. The molecule has 21 heavy (non-hydrogen) atoms. The maximum absolute atomic E-state index is 11.9. The summed E-state index contributed by atoms with van der Waals surface area (Å²) < 4.78 is 5.61. The van der Waals surface area contributed by atoms with Gasteiger partial charge in [0.2, 0.25) is 5.91 Å². The topological polar surface area (TPSA) is 55.4 Å². The lowest BCUT2D eigenvalue weighted by molar-refractivity contribution is -0.116. The minimum absolute atomic E-state index is 0.0548. The SMILES string of the molecule is C=C(C)COc1ccc(C(C)=O)cc1NC(=O)CC(C)C. The van der Waals surface area contributed by atoms with Gasteiger partial charge in [0.05, 0.1) is 5.69 Å². The lowest BCUT2D eigenvalue weighted by Crippen LogP contribution is -2.15. The Balaban J connectivity index is 2.98. The first-order valence-corrected chi connectivity index (χ1v) is 7.01. The Morgan fingerprint density at radius 2 is 1.95 bits per heavy atom. The molecular formula is C17H23NO3. The van der Waals surface area contributed by atoms with Crippen molar-refractivity contribution in [1.29, 1.82) is 0 Å². The predicted molar refractivity (Wildman–Crippen MR) is 84.8 cm³/mol. The molecule has 4 heteroatoms. The molecule has 1 amide bonds. The molecule has 1 aromatic rings. The molecule has 0 aromatic heterocycles. The van der Waals surface area contributed by atoms with E-state index in [1.807, 2.05) is 20.8 Å². The van der Waals surface area contributed by atoms with E-state index in [4.69, 9.17) is 4.74 Å². The summed E-state index contributed by atoms with van der Waals surface area (Å²) in [6.07, 6.45) is 0.421. The zero-order valence-corrected chi connectivity index (χ0v) is 13.2. The van der Waals surface area contributed by atoms with Gasteiger partial charge < -0.3 is 10.1 Å². The number of hydrogen-bond donors (Lipinski definition) is 1. The molecule has 0 atom stereocenters. The second-order valence-corrected chi connectivity index (χ2v) is 5.66. The molecule has 0 fully saturated rings. The quantitative estimate of drug-likeness (QED) is 0.613. The van der Waals surface area contributed by atoms with Crippen molar-refractivity contribution in [3.63, 3.8) is 0 Å². The van der Waals surface area contributed by atoms with E-state index in [2.05, 4.69) is 11.9 Å². The van der Waals surface area contributed by atoms with Crippen LogP contribution in [0, 0.1) is 5.92 Å². The summed E-state index contributed by atoms with van der Waals surface area (Å²) >= 11 is 0. The van der Waals surface area contributed by atoms with Crippen molar-refractivity contribution in [1.82, 2.24) is 0 Å². The number of ketones is 1. The zero-order valence-electron chi connectivity index (χ0n) is 13.2. The van der Waals surface area contributed by atoms with Crippen molar-refractivity contribution in [3.05, 3.63) is 35.9 Å². The first-order valence-electron chi connectivity index (χ1n) is 7.01. The Labute approximate surface area is 126 Å². The van der Waals surface area contributed by atoms with Gasteiger partial charge in [-0.15, -0.1) is 0 Å². The van der Waals surface area contributed by atoms with Gasteiger partial charge in [-0.05, 0) is 43.5 Å². The van der Waals surface area contributed by atoms with Crippen molar-refractivity contribution in [2.75, 3.05) is 11.9 Å². The third-order valence-electron chi connectivity index (χ3n) is 2.73. The van der Waals surface area contributed by atoms with Crippen molar-refractivity contribution in [2.45, 2.75) is 34.1 Å². The normalized spacial score (nSPS) is 10.3. The van der Waals surface area contributed by atoms with E-state index in [9.17, 15) is 9.59 Å². The molecule has 0 heterocycles. The Hall–Kier alpha value is -2.10. The molecule has 0 spiro atoms. The van der Waals surface area contributed by atoms with Crippen molar-refractivity contribution >= 4 is 17.4 Å². The summed E-state index contributed by atoms with van der Waals surface area (Å²) in [5, 5.41) is 2.82. The summed E-state index contributed by atoms with van der Waals surface area (Å²) in [6.45, 7) is 11.5. The molecular weight excluding hydrogens is 266 g/mol. The number of hydrogen-bond acceptors (Lipinski definition) is 3.